The zero-order chi connectivity index (χ0) is 21.5. The van der Waals surface area contributed by atoms with Crippen LogP contribution in [0.4, 0.5) is 11.8 Å². The Bertz CT molecular complexity index is 857. The highest BCUT2D eigenvalue weighted by molar-refractivity contribution is 5.75. The molecule has 168 valence electrons. The van der Waals surface area contributed by atoms with Gasteiger partial charge in [0.05, 0.1) is 32.6 Å². The largest absolute Gasteiger partial charge is 0.462 e. The van der Waals surface area contributed by atoms with E-state index in [1.807, 2.05) is 19.9 Å². The van der Waals surface area contributed by atoms with Crippen LogP contribution in [0.1, 0.15) is 17.1 Å². The lowest BCUT2D eigenvalue weighted by atomic mass is 10.3. The summed E-state index contributed by atoms with van der Waals surface area (Å²) in [7, 11) is 0. The number of hydrogen-bond acceptors (Lipinski definition) is 11. The first kappa shape index (κ1) is 21.5. The predicted molar refractivity (Wildman–Crippen MR) is 115 cm³/mol. The van der Waals surface area contributed by atoms with E-state index < -0.39 is 0 Å². The molecule has 11 heteroatoms. The lowest BCUT2D eigenvalue weighted by molar-refractivity contribution is 0.0317. The average molecular weight is 431 g/mol. The highest BCUT2D eigenvalue weighted by Gasteiger charge is 2.17. The maximum Gasteiger partial charge on any atom is 0.321 e. The van der Waals surface area contributed by atoms with Gasteiger partial charge in [0.15, 0.2) is 5.82 Å². The van der Waals surface area contributed by atoms with E-state index in [0.717, 1.165) is 57.3 Å². The molecule has 0 atom stereocenters. The number of ether oxygens (including phenoxy) is 3. The Morgan fingerprint density at radius 1 is 1.06 bits per heavy atom. The second kappa shape index (κ2) is 10.5. The molecule has 2 saturated heterocycles. The van der Waals surface area contributed by atoms with Crippen molar-refractivity contribution in [1.29, 1.82) is 0 Å². The highest BCUT2D eigenvalue weighted by atomic mass is 16.5. The van der Waals surface area contributed by atoms with E-state index in [1.54, 1.807) is 0 Å². The van der Waals surface area contributed by atoms with Crippen molar-refractivity contribution in [2.24, 2.45) is 5.10 Å². The summed E-state index contributed by atoms with van der Waals surface area (Å²) in [5.74, 6) is 2.38. The number of anilines is 2. The normalized spacial score (nSPS) is 17.9. The summed E-state index contributed by atoms with van der Waals surface area (Å²) in [6, 6.07) is 2.18. The number of nitrogens with one attached hydrogen (secondary N) is 1. The van der Waals surface area contributed by atoms with Crippen molar-refractivity contribution in [1.82, 2.24) is 19.9 Å². The maximum atomic E-state index is 5.86. The maximum absolute atomic E-state index is 5.86. The Labute approximate surface area is 181 Å². The van der Waals surface area contributed by atoms with Gasteiger partial charge in [-0.15, -0.1) is 0 Å². The quantitative estimate of drug-likeness (QED) is 0.481. The molecule has 4 rings (SSSR count). The third-order valence-electron chi connectivity index (χ3n) is 5.18. The number of furan rings is 1. The zero-order valence-electron chi connectivity index (χ0n) is 18.0. The molecule has 2 aromatic rings. The molecular formula is C20H29N7O4. The van der Waals surface area contributed by atoms with Crippen molar-refractivity contribution < 1.29 is 18.6 Å². The summed E-state index contributed by atoms with van der Waals surface area (Å²) in [6.45, 7) is 11.2. The Morgan fingerprint density at radius 3 is 2.52 bits per heavy atom. The number of morpholine rings is 2. The number of hydrazone groups is 1. The van der Waals surface area contributed by atoms with Gasteiger partial charge in [-0.1, -0.05) is 0 Å². The molecule has 2 fully saturated rings. The summed E-state index contributed by atoms with van der Waals surface area (Å²) < 4.78 is 22.2. The second-order valence-electron chi connectivity index (χ2n) is 7.40. The molecule has 1 N–H and O–H groups in total. The van der Waals surface area contributed by atoms with Gasteiger partial charge in [-0.3, -0.25) is 4.90 Å². The molecule has 0 unspecified atom stereocenters. The molecule has 0 bridgehead atoms. The summed E-state index contributed by atoms with van der Waals surface area (Å²) >= 11 is 0. The minimum absolute atomic E-state index is 0.288. The SMILES string of the molecule is Cc1cc(NN=Cc2nc(OCCN3CCOCC3)nc(N3CCOCC3)n2)oc1C. The first-order valence-electron chi connectivity index (χ1n) is 10.5. The zero-order valence-corrected chi connectivity index (χ0v) is 18.0. The molecular weight excluding hydrogens is 402 g/mol. The van der Waals surface area contributed by atoms with Gasteiger partial charge in [-0.2, -0.15) is 20.1 Å². The van der Waals surface area contributed by atoms with Crippen LogP contribution >= 0.6 is 0 Å². The number of nitrogens with zero attached hydrogens (tertiary/aromatic N) is 6. The van der Waals surface area contributed by atoms with E-state index in [-0.39, 0.29) is 6.01 Å². The summed E-state index contributed by atoms with van der Waals surface area (Å²) in [6.07, 6.45) is 1.54. The number of rotatable bonds is 8. The van der Waals surface area contributed by atoms with Crippen LogP contribution in [0.15, 0.2) is 15.6 Å². The van der Waals surface area contributed by atoms with E-state index >= 15 is 0 Å². The summed E-state index contributed by atoms with van der Waals surface area (Å²) in [5, 5.41) is 4.20. The lowest BCUT2D eigenvalue weighted by Gasteiger charge is -2.27. The molecule has 31 heavy (non-hydrogen) atoms. The van der Waals surface area contributed by atoms with Gasteiger partial charge in [0.25, 0.3) is 0 Å². The summed E-state index contributed by atoms with van der Waals surface area (Å²) in [5.41, 5.74) is 3.93. The van der Waals surface area contributed by atoms with Crippen LogP contribution in [-0.4, -0.2) is 91.8 Å². The second-order valence-corrected chi connectivity index (χ2v) is 7.40. The molecule has 0 amide bonds. The first-order valence-corrected chi connectivity index (χ1v) is 10.5. The topological polar surface area (TPSA) is 110 Å². The van der Waals surface area contributed by atoms with E-state index in [4.69, 9.17) is 18.6 Å². The van der Waals surface area contributed by atoms with Crippen molar-refractivity contribution in [2.75, 3.05) is 76.1 Å². The molecule has 0 radical (unpaired) electrons. The van der Waals surface area contributed by atoms with Crippen molar-refractivity contribution in [3.63, 3.8) is 0 Å². The van der Waals surface area contributed by atoms with Gasteiger partial charge in [0.2, 0.25) is 11.8 Å². The Balaban J connectivity index is 1.43. The van der Waals surface area contributed by atoms with Crippen LogP contribution in [-0.2, 0) is 9.47 Å². The Morgan fingerprint density at radius 2 is 1.81 bits per heavy atom. The predicted octanol–water partition coefficient (Wildman–Crippen LogP) is 1.08. The minimum Gasteiger partial charge on any atom is -0.462 e. The Kier molecular flexibility index (Phi) is 7.28. The van der Waals surface area contributed by atoms with Crippen LogP contribution < -0.4 is 15.1 Å². The Hall–Kier alpha value is -2.76. The van der Waals surface area contributed by atoms with E-state index in [9.17, 15) is 0 Å². The third-order valence-corrected chi connectivity index (χ3v) is 5.18. The van der Waals surface area contributed by atoms with Gasteiger partial charge in [0, 0.05) is 38.8 Å². The number of hydrogen-bond donors (Lipinski definition) is 1. The standard InChI is InChI=1S/C20H29N7O4/c1-15-13-18(31-16(15)2)25-21-14-17-22-19(27-6-10-29-11-7-27)24-20(23-17)30-12-5-26-3-8-28-9-4-26/h13-14,25H,3-12H2,1-2H3. The fourth-order valence-electron chi connectivity index (χ4n) is 3.26. The van der Waals surface area contributed by atoms with E-state index in [0.29, 0.717) is 37.5 Å². The molecule has 2 aliphatic heterocycles. The summed E-state index contributed by atoms with van der Waals surface area (Å²) in [4.78, 5) is 17.8. The molecule has 0 saturated carbocycles. The van der Waals surface area contributed by atoms with E-state index in [2.05, 4.69) is 35.3 Å². The van der Waals surface area contributed by atoms with Gasteiger partial charge in [0.1, 0.15) is 12.4 Å². The van der Waals surface area contributed by atoms with Crippen LogP contribution in [0.25, 0.3) is 0 Å². The van der Waals surface area contributed by atoms with Gasteiger partial charge < -0.3 is 23.5 Å². The third kappa shape index (κ3) is 6.12. The van der Waals surface area contributed by atoms with Crippen molar-refractivity contribution in [3.05, 3.63) is 23.2 Å². The molecule has 2 aliphatic rings. The van der Waals surface area contributed by atoms with E-state index in [1.165, 1.54) is 6.21 Å². The monoisotopic (exact) mass is 431 g/mol. The van der Waals surface area contributed by atoms with Crippen LogP contribution in [0.3, 0.4) is 0 Å². The number of aromatic nitrogens is 3. The molecule has 11 nitrogen and oxygen atoms in total. The lowest BCUT2D eigenvalue weighted by Crippen LogP contribution is -2.39. The molecule has 4 heterocycles. The molecule has 0 aliphatic carbocycles. The van der Waals surface area contributed by atoms with Crippen molar-refractivity contribution in [3.8, 4) is 6.01 Å². The minimum atomic E-state index is 0.288. The first-order chi connectivity index (χ1) is 15.2. The highest BCUT2D eigenvalue weighted by Crippen LogP contribution is 2.18. The van der Waals surface area contributed by atoms with Crippen molar-refractivity contribution in [2.45, 2.75) is 13.8 Å². The van der Waals surface area contributed by atoms with Gasteiger partial charge in [-0.05, 0) is 19.4 Å². The number of aryl methyl sites for hydroxylation is 2. The fourth-order valence-corrected chi connectivity index (χ4v) is 3.26. The molecule has 0 spiro atoms. The van der Waals surface area contributed by atoms with Gasteiger partial charge in [-0.25, -0.2) is 5.43 Å². The average Bonchev–Trinajstić information content (AvgIpc) is 3.12. The smallest absolute Gasteiger partial charge is 0.321 e. The van der Waals surface area contributed by atoms with Crippen molar-refractivity contribution >= 4 is 18.0 Å². The van der Waals surface area contributed by atoms with Crippen LogP contribution in [0.5, 0.6) is 6.01 Å². The van der Waals surface area contributed by atoms with Crippen LogP contribution in [0.2, 0.25) is 0 Å². The van der Waals surface area contributed by atoms with Crippen LogP contribution in [0, 0.1) is 13.8 Å². The van der Waals surface area contributed by atoms with Gasteiger partial charge >= 0.3 is 6.01 Å². The molecule has 0 aromatic carbocycles. The fraction of sp³-hybridized carbons (Fsp3) is 0.600. The molecule has 2 aromatic heterocycles.